The molecule has 0 N–H and O–H groups in total. The van der Waals surface area contributed by atoms with Gasteiger partial charge in [0.1, 0.15) is 6.54 Å². The van der Waals surface area contributed by atoms with Crippen molar-refractivity contribution in [2.75, 3.05) is 13.7 Å². The smallest absolute Gasteiger partial charge is 0.325 e. The third kappa shape index (κ3) is 3.80. The minimum atomic E-state index is -0.428. The molecule has 18 heavy (non-hydrogen) atoms. The average Bonchev–Trinajstić information content (AvgIpc) is 2.63. The molecule has 0 atom stereocenters. The van der Waals surface area contributed by atoms with E-state index in [1.807, 2.05) is 13.8 Å². The number of methoxy groups -OCH3 is 1. The zero-order valence-corrected chi connectivity index (χ0v) is 14.2. The van der Waals surface area contributed by atoms with Gasteiger partial charge < -0.3 is 9.64 Å². The fourth-order valence-electron chi connectivity index (χ4n) is 1.33. The number of amides is 1. The molecule has 100 valence electrons. The topological polar surface area (TPSA) is 46.6 Å². The molecule has 0 aliphatic carbocycles. The minimum absolute atomic E-state index is 0.0487. The van der Waals surface area contributed by atoms with Crippen LogP contribution in [0.4, 0.5) is 0 Å². The van der Waals surface area contributed by atoms with E-state index in [4.69, 9.17) is 0 Å². The summed E-state index contributed by atoms with van der Waals surface area (Å²) in [7, 11) is 1.31. The molecule has 0 saturated heterocycles. The van der Waals surface area contributed by atoms with Crippen molar-refractivity contribution in [1.29, 1.82) is 0 Å². The standard InChI is InChI=1S/C11H13Br2NO3S/c1-6(2)14(5-9(15)17-3)11(16)7-4-8(12)18-10(7)13/h4,6H,5H2,1-3H3. The van der Waals surface area contributed by atoms with Crippen LogP contribution in [0.25, 0.3) is 0 Å². The van der Waals surface area contributed by atoms with Crippen molar-refractivity contribution in [2.24, 2.45) is 0 Å². The van der Waals surface area contributed by atoms with Crippen molar-refractivity contribution in [2.45, 2.75) is 19.9 Å². The lowest BCUT2D eigenvalue weighted by molar-refractivity contribution is -0.141. The number of esters is 1. The Bertz CT molecular complexity index is 459. The lowest BCUT2D eigenvalue weighted by Crippen LogP contribution is -2.41. The Morgan fingerprint density at radius 3 is 2.44 bits per heavy atom. The molecule has 0 aliphatic heterocycles. The van der Waals surface area contributed by atoms with Gasteiger partial charge in [-0.05, 0) is 51.8 Å². The highest BCUT2D eigenvalue weighted by molar-refractivity contribution is 9.12. The molecule has 1 rings (SSSR count). The van der Waals surface area contributed by atoms with Crippen molar-refractivity contribution in [3.05, 3.63) is 19.2 Å². The monoisotopic (exact) mass is 397 g/mol. The van der Waals surface area contributed by atoms with E-state index in [-0.39, 0.29) is 18.5 Å². The number of halogens is 2. The van der Waals surface area contributed by atoms with Crippen molar-refractivity contribution in [1.82, 2.24) is 4.90 Å². The summed E-state index contributed by atoms with van der Waals surface area (Å²) in [6.45, 7) is 3.67. The Balaban J connectivity index is 2.96. The predicted octanol–water partition coefficient (Wildman–Crippen LogP) is 3.30. The van der Waals surface area contributed by atoms with Crippen LogP contribution in [0.3, 0.4) is 0 Å². The Morgan fingerprint density at radius 1 is 1.44 bits per heavy atom. The number of thiophene rings is 1. The number of ether oxygens (including phenoxy) is 1. The van der Waals surface area contributed by atoms with Gasteiger partial charge in [0, 0.05) is 6.04 Å². The summed E-state index contributed by atoms with van der Waals surface area (Å²) >= 11 is 8.09. The Kier molecular flexibility index (Phi) is 5.81. The van der Waals surface area contributed by atoms with Gasteiger partial charge in [0.25, 0.3) is 5.91 Å². The normalized spacial score (nSPS) is 10.6. The molecule has 7 heteroatoms. The summed E-state index contributed by atoms with van der Waals surface area (Å²) in [6, 6.07) is 1.66. The summed E-state index contributed by atoms with van der Waals surface area (Å²) in [4.78, 5) is 25.1. The van der Waals surface area contributed by atoms with Crippen LogP contribution in [0.15, 0.2) is 13.6 Å². The molecule has 0 fully saturated rings. The molecule has 0 aliphatic rings. The van der Waals surface area contributed by atoms with Gasteiger partial charge in [-0.3, -0.25) is 9.59 Å². The Labute approximate surface area is 127 Å². The van der Waals surface area contributed by atoms with Gasteiger partial charge in [-0.15, -0.1) is 11.3 Å². The predicted molar refractivity (Wildman–Crippen MR) is 77.9 cm³/mol. The molecule has 0 saturated carbocycles. The molecule has 0 aromatic carbocycles. The lowest BCUT2D eigenvalue weighted by atomic mass is 10.2. The van der Waals surface area contributed by atoms with Crippen LogP contribution in [0, 0.1) is 0 Å². The van der Waals surface area contributed by atoms with Crippen LogP contribution in [-0.2, 0) is 9.53 Å². The molecule has 1 heterocycles. The number of rotatable bonds is 4. The third-order valence-corrected chi connectivity index (χ3v) is 4.64. The summed E-state index contributed by atoms with van der Waals surface area (Å²) in [5.74, 6) is -0.619. The van der Waals surface area contributed by atoms with Crippen molar-refractivity contribution < 1.29 is 14.3 Å². The van der Waals surface area contributed by atoms with E-state index in [0.29, 0.717) is 5.56 Å². The highest BCUT2D eigenvalue weighted by Gasteiger charge is 2.24. The van der Waals surface area contributed by atoms with Crippen molar-refractivity contribution >= 4 is 55.1 Å². The van der Waals surface area contributed by atoms with E-state index in [9.17, 15) is 9.59 Å². The van der Waals surface area contributed by atoms with Gasteiger partial charge in [-0.2, -0.15) is 0 Å². The van der Waals surface area contributed by atoms with Crippen molar-refractivity contribution in [3.63, 3.8) is 0 Å². The highest BCUT2D eigenvalue weighted by Crippen LogP contribution is 2.32. The first-order valence-electron chi connectivity index (χ1n) is 5.19. The molecule has 0 bridgehead atoms. The van der Waals surface area contributed by atoms with Crippen LogP contribution in [0.5, 0.6) is 0 Å². The molecule has 0 radical (unpaired) electrons. The maximum absolute atomic E-state index is 12.3. The molecular formula is C11H13Br2NO3S. The van der Waals surface area contributed by atoms with Crippen LogP contribution < -0.4 is 0 Å². The number of carbonyl (C=O) groups excluding carboxylic acids is 2. The zero-order chi connectivity index (χ0) is 13.9. The van der Waals surface area contributed by atoms with E-state index in [1.54, 1.807) is 6.07 Å². The maximum atomic E-state index is 12.3. The molecule has 0 spiro atoms. The Hall–Kier alpha value is -0.400. The second-order valence-electron chi connectivity index (χ2n) is 3.84. The largest absolute Gasteiger partial charge is 0.468 e. The number of hydrogen-bond acceptors (Lipinski definition) is 4. The van der Waals surface area contributed by atoms with Gasteiger partial charge in [-0.25, -0.2) is 0 Å². The van der Waals surface area contributed by atoms with E-state index < -0.39 is 5.97 Å². The average molecular weight is 399 g/mol. The van der Waals surface area contributed by atoms with Crippen LogP contribution in [0.1, 0.15) is 24.2 Å². The van der Waals surface area contributed by atoms with Crippen LogP contribution in [-0.4, -0.2) is 36.5 Å². The van der Waals surface area contributed by atoms with Crippen LogP contribution >= 0.6 is 43.2 Å². The summed E-state index contributed by atoms with van der Waals surface area (Å²) in [5.41, 5.74) is 0.546. The molecule has 1 aromatic heterocycles. The fraction of sp³-hybridized carbons (Fsp3) is 0.455. The number of carbonyl (C=O) groups is 2. The molecule has 1 amide bonds. The van der Waals surface area contributed by atoms with Gasteiger partial charge in [0.15, 0.2) is 0 Å². The molecule has 1 aromatic rings. The first-order valence-corrected chi connectivity index (χ1v) is 7.59. The fourth-order valence-corrected chi connectivity index (χ4v) is 4.11. The molecule has 0 unspecified atom stereocenters. The highest BCUT2D eigenvalue weighted by atomic mass is 79.9. The maximum Gasteiger partial charge on any atom is 0.325 e. The zero-order valence-electron chi connectivity index (χ0n) is 10.2. The van der Waals surface area contributed by atoms with E-state index in [2.05, 4.69) is 36.6 Å². The Morgan fingerprint density at radius 2 is 2.06 bits per heavy atom. The first kappa shape index (κ1) is 15.7. The quantitative estimate of drug-likeness (QED) is 0.731. The SMILES string of the molecule is COC(=O)CN(C(=O)c1cc(Br)sc1Br)C(C)C. The summed E-state index contributed by atoms with van der Waals surface area (Å²) < 4.78 is 6.21. The van der Waals surface area contributed by atoms with Gasteiger partial charge in [0.2, 0.25) is 0 Å². The van der Waals surface area contributed by atoms with E-state index in [1.165, 1.54) is 23.3 Å². The number of nitrogens with zero attached hydrogens (tertiary/aromatic N) is 1. The lowest BCUT2D eigenvalue weighted by Gasteiger charge is -2.25. The second-order valence-corrected chi connectivity index (χ2v) is 7.59. The second kappa shape index (κ2) is 6.68. The van der Waals surface area contributed by atoms with E-state index >= 15 is 0 Å². The summed E-state index contributed by atoms with van der Waals surface area (Å²) in [6.07, 6.45) is 0. The third-order valence-electron chi connectivity index (χ3n) is 2.30. The van der Waals surface area contributed by atoms with Gasteiger partial charge in [0.05, 0.1) is 20.2 Å². The first-order chi connectivity index (χ1) is 8.36. The summed E-state index contributed by atoms with van der Waals surface area (Å²) in [5, 5.41) is 0. The number of hydrogen-bond donors (Lipinski definition) is 0. The van der Waals surface area contributed by atoms with Crippen LogP contribution in [0.2, 0.25) is 0 Å². The molecular weight excluding hydrogens is 386 g/mol. The van der Waals surface area contributed by atoms with E-state index in [0.717, 1.165) is 7.57 Å². The minimum Gasteiger partial charge on any atom is -0.468 e. The van der Waals surface area contributed by atoms with Crippen molar-refractivity contribution in [3.8, 4) is 0 Å². The van der Waals surface area contributed by atoms with Gasteiger partial charge >= 0.3 is 5.97 Å². The van der Waals surface area contributed by atoms with Gasteiger partial charge in [-0.1, -0.05) is 0 Å². The molecule has 4 nitrogen and oxygen atoms in total.